The number of nitrogens with two attached hydrogens (primary N) is 1. The van der Waals surface area contributed by atoms with Crippen molar-refractivity contribution in [2.45, 2.75) is 45.1 Å². The molecule has 2 N–H and O–H groups in total. The van der Waals surface area contributed by atoms with E-state index in [1.54, 1.807) is 0 Å². The van der Waals surface area contributed by atoms with E-state index >= 15 is 0 Å². The van der Waals surface area contributed by atoms with E-state index in [2.05, 4.69) is 13.8 Å². The van der Waals surface area contributed by atoms with Gasteiger partial charge in [0.25, 0.3) is 0 Å². The van der Waals surface area contributed by atoms with E-state index in [0.717, 1.165) is 5.92 Å². The zero-order valence-electron chi connectivity index (χ0n) is 6.89. The Balaban J connectivity index is 0.000000810. The van der Waals surface area contributed by atoms with Gasteiger partial charge in [0.15, 0.2) is 0 Å². The molecule has 0 saturated heterocycles. The Labute approximate surface area is 69.8 Å². The Morgan fingerprint density at radius 3 is 2.00 bits per heavy atom. The monoisotopic (exact) mass is 163 g/mol. The molecule has 0 spiro atoms. The van der Waals surface area contributed by atoms with Crippen LogP contribution in [0.5, 0.6) is 0 Å². The van der Waals surface area contributed by atoms with Crippen molar-refractivity contribution in [1.82, 2.24) is 0 Å². The summed E-state index contributed by atoms with van der Waals surface area (Å²) in [6.07, 6.45) is 5.48. The lowest BCUT2D eigenvalue weighted by Gasteiger charge is -2.31. The predicted octanol–water partition coefficient (Wildman–Crippen LogP) is 2.34. The summed E-state index contributed by atoms with van der Waals surface area (Å²) < 4.78 is 0. The van der Waals surface area contributed by atoms with Gasteiger partial charge in [0.2, 0.25) is 0 Å². The van der Waals surface area contributed by atoms with Gasteiger partial charge in [0.1, 0.15) is 0 Å². The molecule has 0 amide bonds. The second-order valence-corrected chi connectivity index (χ2v) is 3.99. The van der Waals surface area contributed by atoms with Crippen LogP contribution >= 0.6 is 12.4 Å². The highest BCUT2D eigenvalue weighted by Gasteiger charge is 2.23. The van der Waals surface area contributed by atoms with Gasteiger partial charge in [0.05, 0.1) is 0 Å². The molecule has 0 aromatic carbocycles. The molecule has 0 aliphatic heterocycles. The van der Waals surface area contributed by atoms with Gasteiger partial charge in [-0.1, -0.05) is 19.3 Å². The van der Waals surface area contributed by atoms with Crippen LogP contribution < -0.4 is 5.73 Å². The summed E-state index contributed by atoms with van der Waals surface area (Å²) in [7, 11) is 0. The Hall–Kier alpha value is 0.250. The normalized spacial score (nSPS) is 19.5. The number of halogens is 1. The van der Waals surface area contributed by atoms with Gasteiger partial charge >= 0.3 is 0 Å². The molecule has 0 heterocycles. The molecule has 1 nitrogen and oxygen atoms in total. The summed E-state index contributed by atoms with van der Waals surface area (Å²) in [6.45, 7) is 4.23. The molecule has 1 saturated carbocycles. The average molecular weight is 164 g/mol. The molecule has 0 aromatic heterocycles. The molecule has 2 heteroatoms. The first kappa shape index (κ1) is 10.2. The maximum atomic E-state index is 5.85. The molecule has 62 valence electrons. The van der Waals surface area contributed by atoms with Gasteiger partial charge in [-0.05, 0) is 26.2 Å². The van der Waals surface area contributed by atoms with Crippen molar-refractivity contribution in [2.24, 2.45) is 11.7 Å². The SMILES string of the molecule is CC(C)(N)CC1CCC1.Cl. The fraction of sp³-hybridized carbons (Fsp3) is 1.00. The first-order chi connectivity index (χ1) is 4.08. The first-order valence-corrected chi connectivity index (χ1v) is 3.87. The topological polar surface area (TPSA) is 26.0 Å². The Morgan fingerprint density at radius 2 is 1.90 bits per heavy atom. The van der Waals surface area contributed by atoms with Crippen LogP contribution in [0.15, 0.2) is 0 Å². The highest BCUT2D eigenvalue weighted by atomic mass is 35.5. The van der Waals surface area contributed by atoms with Crippen LogP contribution in [0, 0.1) is 5.92 Å². The van der Waals surface area contributed by atoms with Crippen molar-refractivity contribution >= 4 is 12.4 Å². The highest BCUT2D eigenvalue weighted by Crippen LogP contribution is 2.32. The van der Waals surface area contributed by atoms with Crippen molar-refractivity contribution in [3.63, 3.8) is 0 Å². The lowest BCUT2D eigenvalue weighted by molar-refractivity contribution is 0.244. The molecule has 1 aliphatic rings. The lowest BCUT2D eigenvalue weighted by atomic mass is 9.77. The molecule has 1 rings (SSSR count). The summed E-state index contributed by atoms with van der Waals surface area (Å²) in [6, 6.07) is 0. The van der Waals surface area contributed by atoms with E-state index in [4.69, 9.17) is 5.73 Å². The molecule has 10 heavy (non-hydrogen) atoms. The molecule has 1 fully saturated rings. The molecule has 1 aliphatic carbocycles. The zero-order chi connectivity index (χ0) is 6.91. The summed E-state index contributed by atoms with van der Waals surface area (Å²) >= 11 is 0. The van der Waals surface area contributed by atoms with Gasteiger partial charge < -0.3 is 5.73 Å². The zero-order valence-corrected chi connectivity index (χ0v) is 7.71. The fourth-order valence-corrected chi connectivity index (χ4v) is 1.44. The second-order valence-electron chi connectivity index (χ2n) is 3.99. The van der Waals surface area contributed by atoms with Gasteiger partial charge in [-0.25, -0.2) is 0 Å². The Kier molecular flexibility index (Phi) is 3.68. The maximum Gasteiger partial charge on any atom is 0.00996 e. The number of hydrogen-bond acceptors (Lipinski definition) is 1. The van der Waals surface area contributed by atoms with Crippen molar-refractivity contribution in [3.8, 4) is 0 Å². The van der Waals surface area contributed by atoms with Gasteiger partial charge in [-0.3, -0.25) is 0 Å². The van der Waals surface area contributed by atoms with Crippen molar-refractivity contribution in [2.75, 3.05) is 0 Å². The van der Waals surface area contributed by atoms with Gasteiger partial charge in [-0.15, -0.1) is 12.4 Å². The molecular weight excluding hydrogens is 146 g/mol. The van der Waals surface area contributed by atoms with Crippen LogP contribution in [0.4, 0.5) is 0 Å². The average Bonchev–Trinajstić information content (AvgIpc) is 1.53. The minimum absolute atomic E-state index is 0. The van der Waals surface area contributed by atoms with Crippen molar-refractivity contribution in [3.05, 3.63) is 0 Å². The van der Waals surface area contributed by atoms with Crippen LogP contribution in [-0.4, -0.2) is 5.54 Å². The predicted molar refractivity (Wildman–Crippen MR) is 47.5 cm³/mol. The van der Waals surface area contributed by atoms with E-state index in [1.807, 2.05) is 0 Å². The fourth-order valence-electron chi connectivity index (χ4n) is 1.44. The van der Waals surface area contributed by atoms with Crippen molar-refractivity contribution in [1.29, 1.82) is 0 Å². The van der Waals surface area contributed by atoms with Crippen LogP contribution in [0.3, 0.4) is 0 Å². The third-order valence-electron chi connectivity index (χ3n) is 2.04. The maximum absolute atomic E-state index is 5.85. The van der Waals surface area contributed by atoms with Crippen molar-refractivity contribution < 1.29 is 0 Å². The molecule has 0 bridgehead atoms. The molecule has 0 aromatic rings. The minimum atomic E-state index is 0. The van der Waals surface area contributed by atoms with E-state index in [-0.39, 0.29) is 17.9 Å². The third-order valence-corrected chi connectivity index (χ3v) is 2.04. The van der Waals surface area contributed by atoms with Gasteiger partial charge in [0, 0.05) is 5.54 Å². The smallest absolute Gasteiger partial charge is 0.00996 e. The minimum Gasteiger partial charge on any atom is -0.326 e. The van der Waals surface area contributed by atoms with E-state index in [9.17, 15) is 0 Å². The number of rotatable bonds is 2. The van der Waals surface area contributed by atoms with Crippen LogP contribution in [0.1, 0.15) is 39.5 Å². The van der Waals surface area contributed by atoms with Gasteiger partial charge in [-0.2, -0.15) is 0 Å². The molecular formula is C8H18ClN. The van der Waals surface area contributed by atoms with Crippen LogP contribution in [-0.2, 0) is 0 Å². The lowest BCUT2D eigenvalue weighted by Crippen LogP contribution is -2.36. The summed E-state index contributed by atoms with van der Waals surface area (Å²) in [5.74, 6) is 0.949. The van der Waals surface area contributed by atoms with E-state index < -0.39 is 0 Å². The van der Waals surface area contributed by atoms with E-state index in [0.29, 0.717) is 0 Å². The quantitative estimate of drug-likeness (QED) is 0.665. The summed E-state index contributed by atoms with van der Waals surface area (Å²) in [5, 5.41) is 0. The standard InChI is InChI=1S/C8H17N.ClH/c1-8(2,9)6-7-4-3-5-7;/h7H,3-6,9H2,1-2H3;1H. The second kappa shape index (κ2) is 3.59. The largest absolute Gasteiger partial charge is 0.326 e. The highest BCUT2D eigenvalue weighted by molar-refractivity contribution is 5.85. The number of hydrogen-bond donors (Lipinski definition) is 1. The van der Waals surface area contributed by atoms with Crippen LogP contribution in [0.25, 0.3) is 0 Å². The molecule has 0 unspecified atom stereocenters. The van der Waals surface area contributed by atoms with Crippen LogP contribution in [0.2, 0.25) is 0 Å². The first-order valence-electron chi connectivity index (χ1n) is 3.87. The Bertz CT molecular complexity index is 91.9. The molecule has 0 atom stereocenters. The van der Waals surface area contributed by atoms with E-state index in [1.165, 1.54) is 25.7 Å². The summed E-state index contributed by atoms with van der Waals surface area (Å²) in [5.41, 5.74) is 5.92. The summed E-state index contributed by atoms with van der Waals surface area (Å²) in [4.78, 5) is 0. The third kappa shape index (κ3) is 3.43. The molecule has 0 radical (unpaired) electrons. The Morgan fingerprint density at radius 1 is 1.40 bits per heavy atom.